The van der Waals surface area contributed by atoms with Gasteiger partial charge < -0.3 is 14.5 Å². The third-order valence-electron chi connectivity index (χ3n) is 5.41. The van der Waals surface area contributed by atoms with Crippen LogP contribution in [0.15, 0.2) is 77.8 Å². The maximum Gasteiger partial charge on any atom is 0.243 e. The Bertz CT molecular complexity index is 1350. The molecule has 4 aromatic rings. The number of rotatable bonds is 8. The topological polar surface area (TPSA) is 80.4 Å². The standard InChI is InChI=1S/C24H23FN2O4S/c1-30-22-12-7-9-17(24(22)31-2)19(18-14-26-21-11-5-3-8-16(18)21)15-27-32(28,29)23-13-6-4-10-20(23)25/h3-14,19,26-27H,15H2,1-2H3. The van der Waals surface area contributed by atoms with Gasteiger partial charge in [0.2, 0.25) is 10.0 Å². The maximum absolute atomic E-state index is 14.2. The molecule has 32 heavy (non-hydrogen) atoms. The number of hydrogen-bond acceptors (Lipinski definition) is 4. The Hall–Kier alpha value is -3.36. The molecule has 0 fully saturated rings. The van der Waals surface area contributed by atoms with E-state index in [4.69, 9.17) is 9.47 Å². The lowest BCUT2D eigenvalue weighted by molar-refractivity contribution is 0.350. The molecule has 0 saturated heterocycles. The van der Waals surface area contributed by atoms with Crippen LogP contribution in [0.5, 0.6) is 11.5 Å². The van der Waals surface area contributed by atoms with Gasteiger partial charge in [0.15, 0.2) is 11.5 Å². The molecule has 3 aromatic carbocycles. The number of hydrogen-bond donors (Lipinski definition) is 2. The third kappa shape index (κ3) is 4.06. The van der Waals surface area contributed by atoms with Crippen LogP contribution in [0, 0.1) is 5.82 Å². The summed E-state index contributed by atoms with van der Waals surface area (Å²) in [5.41, 5.74) is 2.54. The van der Waals surface area contributed by atoms with Crippen LogP contribution >= 0.6 is 0 Å². The van der Waals surface area contributed by atoms with Crippen molar-refractivity contribution in [1.29, 1.82) is 0 Å². The number of methoxy groups -OCH3 is 2. The van der Waals surface area contributed by atoms with Crippen molar-refractivity contribution in [3.63, 3.8) is 0 Å². The van der Waals surface area contributed by atoms with Crippen LogP contribution < -0.4 is 14.2 Å². The largest absolute Gasteiger partial charge is 0.493 e. The quantitative estimate of drug-likeness (QED) is 0.413. The van der Waals surface area contributed by atoms with Crippen molar-refractivity contribution in [3.8, 4) is 11.5 Å². The lowest BCUT2D eigenvalue weighted by Crippen LogP contribution is -2.29. The molecular weight excluding hydrogens is 431 g/mol. The van der Waals surface area contributed by atoms with Gasteiger partial charge in [0.05, 0.1) is 14.2 Å². The second-order valence-corrected chi connectivity index (χ2v) is 8.94. The Morgan fingerprint density at radius 3 is 2.44 bits per heavy atom. The number of aromatic nitrogens is 1. The summed E-state index contributed by atoms with van der Waals surface area (Å²) in [6.45, 7) is -0.0119. The van der Waals surface area contributed by atoms with E-state index in [1.165, 1.54) is 25.3 Å². The Balaban J connectivity index is 1.80. The van der Waals surface area contributed by atoms with Crippen molar-refractivity contribution in [2.75, 3.05) is 20.8 Å². The van der Waals surface area contributed by atoms with Gasteiger partial charge in [0.1, 0.15) is 10.7 Å². The number of halogens is 1. The van der Waals surface area contributed by atoms with E-state index in [-0.39, 0.29) is 6.54 Å². The first-order chi connectivity index (χ1) is 15.5. The first-order valence-corrected chi connectivity index (χ1v) is 11.5. The summed E-state index contributed by atoms with van der Waals surface area (Å²) in [4.78, 5) is 2.84. The van der Waals surface area contributed by atoms with Crippen molar-refractivity contribution in [1.82, 2.24) is 9.71 Å². The minimum atomic E-state index is -4.08. The summed E-state index contributed by atoms with van der Waals surface area (Å²) in [6.07, 6.45) is 1.85. The number of benzene rings is 3. The molecule has 0 aliphatic heterocycles. The smallest absolute Gasteiger partial charge is 0.243 e. The molecule has 0 aliphatic rings. The van der Waals surface area contributed by atoms with Gasteiger partial charge in [-0.1, -0.05) is 42.5 Å². The van der Waals surface area contributed by atoms with Gasteiger partial charge >= 0.3 is 0 Å². The van der Waals surface area contributed by atoms with Crippen molar-refractivity contribution in [2.45, 2.75) is 10.8 Å². The third-order valence-corrected chi connectivity index (χ3v) is 6.87. The molecule has 0 saturated carbocycles. The first-order valence-electron chi connectivity index (χ1n) is 9.97. The van der Waals surface area contributed by atoms with E-state index in [9.17, 15) is 12.8 Å². The number of ether oxygens (including phenoxy) is 2. The Labute approximate surface area is 186 Å². The first kappa shape index (κ1) is 21.9. The van der Waals surface area contributed by atoms with Gasteiger partial charge in [-0.25, -0.2) is 17.5 Å². The highest BCUT2D eigenvalue weighted by atomic mass is 32.2. The fourth-order valence-corrected chi connectivity index (χ4v) is 5.01. The molecule has 0 spiro atoms. The number of fused-ring (bicyclic) bond motifs is 1. The summed E-state index contributed by atoms with van der Waals surface area (Å²) in [6, 6.07) is 18.5. The van der Waals surface area contributed by atoms with E-state index < -0.39 is 26.7 Å². The van der Waals surface area contributed by atoms with Crippen molar-refractivity contribution >= 4 is 20.9 Å². The fraction of sp³-hybridized carbons (Fsp3) is 0.167. The molecule has 0 radical (unpaired) electrons. The molecule has 8 heteroatoms. The number of sulfonamides is 1. The zero-order valence-corrected chi connectivity index (χ0v) is 18.4. The van der Waals surface area contributed by atoms with Crippen LogP contribution in [0.4, 0.5) is 4.39 Å². The molecule has 1 unspecified atom stereocenters. The highest BCUT2D eigenvalue weighted by Gasteiger charge is 2.26. The van der Waals surface area contributed by atoms with Crippen LogP contribution in [-0.4, -0.2) is 34.2 Å². The van der Waals surface area contributed by atoms with Gasteiger partial charge in [-0.2, -0.15) is 0 Å². The van der Waals surface area contributed by atoms with Gasteiger partial charge in [0, 0.05) is 35.1 Å². The fourth-order valence-electron chi connectivity index (χ4n) is 3.89. The highest BCUT2D eigenvalue weighted by Crippen LogP contribution is 2.40. The van der Waals surface area contributed by atoms with Crippen molar-refractivity contribution in [2.24, 2.45) is 0 Å². The van der Waals surface area contributed by atoms with Crippen molar-refractivity contribution in [3.05, 3.63) is 89.9 Å². The van der Waals surface area contributed by atoms with Gasteiger partial charge in [0.25, 0.3) is 0 Å². The lowest BCUT2D eigenvalue weighted by atomic mass is 9.90. The van der Waals surface area contributed by atoms with Crippen LogP contribution in [-0.2, 0) is 10.0 Å². The predicted molar refractivity (Wildman–Crippen MR) is 121 cm³/mol. The van der Waals surface area contributed by atoms with Crippen LogP contribution in [0.3, 0.4) is 0 Å². The van der Waals surface area contributed by atoms with E-state index in [1.807, 2.05) is 42.6 Å². The van der Waals surface area contributed by atoms with E-state index in [0.29, 0.717) is 11.5 Å². The molecule has 1 atom stereocenters. The van der Waals surface area contributed by atoms with Gasteiger partial charge in [-0.05, 0) is 29.8 Å². The molecule has 1 aromatic heterocycles. The molecule has 6 nitrogen and oxygen atoms in total. The van der Waals surface area contributed by atoms with E-state index in [1.54, 1.807) is 13.2 Å². The SMILES string of the molecule is COc1cccc(C(CNS(=O)(=O)c2ccccc2F)c2c[nH]c3ccccc23)c1OC. The van der Waals surface area contributed by atoms with E-state index >= 15 is 0 Å². The van der Waals surface area contributed by atoms with Gasteiger partial charge in [-0.3, -0.25) is 0 Å². The normalized spacial score (nSPS) is 12.6. The second-order valence-electron chi connectivity index (χ2n) is 7.21. The zero-order valence-electron chi connectivity index (χ0n) is 17.6. The van der Waals surface area contributed by atoms with E-state index in [2.05, 4.69) is 9.71 Å². The van der Waals surface area contributed by atoms with Gasteiger partial charge in [-0.15, -0.1) is 0 Å². The minimum Gasteiger partial charge on any atom is -0.493 e. The van der Waals surface area contributed by atoms with Crippen molar-refractivity contribution < 1.29 is 22.3 Å². The molecule has 0 amide bonds. The molecule has 0 bridgehead atoms. The summed E-state index contributed by atoms with van der Waals surface area (Å²) in [5.74, 6) is -0.192. The molecule has 2 N–H and O–H groups in total. The molecule has 1 heterocycles. The Morgan fingerprint density at radius 2 is 1.69 bits per heavy atom. The Morgan fingerprint density at radius 1 is 0.938 bits per heavy atom. The highest BCUT2D eigenvalue weighted by molar-refractivity contribution is 7.89. The molecular formula is C24H23FN2O4S. The number of nitrogens with one attached hydrogen (secondary N) is 2. The zero-order chi connectivity index (χ0) is 22.7. The van der Waals surface area contributed by atoms with Crippen LogP contribution in [0.25, 0.3) is 10.9 Å². The average Bonchev–Trinajstić information content (AvgIpc) is 3.23. The minimum absolute atomic E-state index is 0.0119. The Kier molecular flexibility index (Phi) is 6.16. The lowest BCUT2D eigenvalue weighted by Gasteiger charge is -2.22. The summed E-state index contributed by atoms with van der Waals surface area (Å²) in [7, 11) is -0.997. The predicted octanol–water partition coefficient (Wildman–Crippen LogP) is 4.43. The summed E-state index contributed by atoms with van der Waals surface area (Å²) >= 11 is 0. The molecule has 0 aliphatic carbocycles. The summed E-state index contributed by atoms with van der Waals surface area (Å²) < 4.78 is 53.6. The van der Waals surface area contributed by atoms with Crippen LogP contribution in [0.2, 0.25) is 0 Å². The number of H-pyrrole nitrogens is 1. The molecule has 166 valence electrons. The van der Waals surface area contributed by atoms with E-state index in [0.717, 1.165) is 28.1 Å². The number of para-hydroxylation sites is 2. The average molecular weight is 455 g/mol. The summed E-state index contributed by atoms with van der Waals surface area (Å²) in [5, 5.41) is 0.951. The number of aromatic amines is 1. The molecule has 4 rings (SSSR count). The monoisotopic (exact) mass is 454 g/mol. The van der Waals surface area contributed by atoms with Crippen LogP contribution in [0.1, 0.15) is 17.0 Å². The second kappa shape index (κ2) is 9.02. The maximum atomic E-state index is 14.2.